The number of amides is 2. The highest BCUT2D eigenvalue weighted by molar-refractivity contribution is 6.22. The fourth-order valence-corrected chi connectivity index (χ4v) is 4.13. The van der Waals surface area contributed by atoms with Crippen molar-refractivity contribution in [1.82, 2.24) is 0 Å². The van der Waals surface area contributed by atoms with Gasteiger partial charge in [-0.2, -0.15) is 0 Å². The number of esters is 1. The van der Waals surface area contributed by atoms with Crippen molar-refractivity contribution in [2.75, 3.05) is 11.5 Å². The van der Waals surface area contributed by atoms with Gasteiger partial charge in [0.2, 0.25) is 17.6 Å². The van der Waals surface area contributed by atoms with Crippen molar-refractivity contribution < 1.29 is 23.9 Å². The molecule has 0 bridgehead atoms. The molecule has 6 heteroatoms. The van der Waals surface area contributed by atoms with Gasteiger partial charge in [0.1, 0.15) is 0 Å². The number of hydrogen-bond acceptors (Lipinski definition) is 5. The third-order valence-corrected chi connectivity index (χ3v) is 5.90. The molecule has 0 aromatic heterocycles. The number of imide groups is 1. The first-order valence-corrected chi connectivity index (χ1v) is 10.3. The van der Waals surface area contributed by atoms with E-state index in [1.807, 2.05) is 38.1 Å². The maximum absolute atomic E-state index is 12.7. The highest BCUT2D eigenvalue weighted by atomic mass is 16.5. The van der Waals surface area contributed by atoms with Gasteiger partial charge in [0.25, 0.3) is 0 Å². The van der Waals surface area contributed by atoms with E-state index in [0.29, 0.717) is 24.1 Å². The van der Waals surface area contributed by atoms with Crippen LogP contribution < -0.4 is 4.90 Å². The summed E-state index contributed by atoms with van der Waals surface area (Å²) in [6, 6.07) is 11.7. The van der Waals surface area contributed by atoms with E-state index in [4.69, 9.17) is 4.74 Å². The summed E-state index contributed by atoms with van der Waals surface area (Å²) in [5.41, 5.74) is 3.00. The van der Waals surface area contributed by atoms with Gasteiger partial charge in [-0.25, -0.2) is 4.79 Å². The second-order valence-electron chi connectivity index (χ2n) is 8.03. The third kappa shape index (κ3) is 3.93. The Kier molecular flexibility index (Phi) is 5.55. The largest absolute Gasteiger partial charge is 0.454 e. The third-order valence-electron chi connectivity index (χ3n) is 5.90. The zero-order valence-corrected chi connectivity index (χ0v) is 17.5. The first-order valence-electron chi connectivity index (χ1n) is 10.3. The van der Waals surface area contributed by atoms with Crippen LogP contribution in [0.2, 0.25) is 0 Å². The maximum Gasteiger partial charge on any atom is 0.338 e. The van der Waals surface area contributed by atoms with E-state index in [2.05, 4.69) is 0 Å². The zero-order chi connectivity index (χ0) is 22.1. The molecular weight excluding hydrogens is 394 g/mol. The molecule has 2 amide bonds. The number of anilines is 1. The van der Waals surface area contributed by atoms with Crippen molar-refractivity contribution in [2.24, 2.45) is 11.8 Å². The van der Waals surface area contributed by atoms with Crippen molar-refractivity contribution in [2.45, 2.75) is 26.7 Å². The van der Waals surface area contributed by atoms with Crippen molar-refractivity contribution in [3.05, 3.63) is 76.9 Å². The number of hydrogen-bond donors (Lipinski definition) is 0. The molecule has 1 heterocycles. The molecule has 1 aliphatic heterocycles. The lowest BCUT2D eigenvalue weighted by atomic mass is 9.85. The van der Waals surface area contributed by atoms with E-state index in [1.165, 1.54) is 17.0 Å². The number of allylic oxidation sites excluding steroid dienone is 2. The summed E-state index contributed by atoms with van der Waals surface area (Å²) in [4.78, 5) is 51.3. The first kappa shape index (κ1) is 20.7. The molecule has 1 saturated heterocycles. The highest BCUT2D eigenvalue weighted by Gasteiger charge is 2.47. The van der Waals surface area contributed by atoms with Crippen LogP contribution in [0.15, 0.2) is 54.6 Å². The lowest BCUT2D eigenvalue weighted by Gasteiger charge is -2.15. The molecule has 2 aliphatic rings. The summed E-state index contributed by atoms with van der Waals surface area (Å²) in [5.74, 6) is -1.92. The minimum atomic E-state index is -0.637. The zero-order valence-electron chi connectivity index (χ0n) is 17.5. The molecule has 158 valence electrons. The Balaban J connectivity index is 1.42. The predicted molar refractivity (Wildman–Crippen MR) is 115 cm³/mol. The Morgan fingerprint density at radius 3 is 2.16 bits per heavy atom. The summed E-state index contributed by atoms with van der Waals surface area (Å²) in [6.45, 7) is 3.37. The molecule has 0 N–H and O–H groups in total. The van der Waals surface area contributed by atoms with E-state index in [0.717, 1.165) is 11.1 Å². The maximum atomic E-state index is 12.7. The van der Waals surface area contributed by atoms with Gasteiger partial charge in [0.15, 0.2) is 6.61 Å². The molecule has 0 spiro atoms. The molecule has 4 rings (SSSR count). The van der Waals surface area contributed by atoms with Gasteiger partial charge in [-0.1, -0.05) is 29.8 Å². The first-order chi connectivity index (χ1) is 14.9. The predicted octanol–water partition coefficient (Wildman–Crippen LogP) is 3.80. The van der Waals surface area contributed by atoms with Gasteiger partial charge < -0.3 is 4.74 Å². The number of Topliss-reactive ketones (excluding diaryl/α,β-unsaturated/α-hetero) is 1. The van der Waals surface area contributed by atoms with Gasteiger partial charge in [-0.15, -0.1) is 0 Å². The number of nitrogens with zero attached hydrogens (tertiary/aromatic N) is 1. The van der Waals surface area contributed by atoms with Crippen LogP contribution in [0, 0.1) is 25.7 Å². The lowest BCUT2D eigenvalue weighted by molar-refractivity contribution is -0.122. The number of benzene rings is 2. The number of ether oxygens (including phenoxy) is 1. The van der Waals surface area contributed by atoms with Crippen molar-refractivity contribution in [3.63, 3.8) is 0 Å². The quantitative estimate of drug-likeness (QED) is 0.320. The molecule has 2 atom stereocenters. The van der Waals surface area contributed by atoms with Crippen LogP contribution in [0.3, 0.4) is 0 Å². The van der Waals surface area contributed by atoms with Gasteiger partial charge >= 0.3 is 5.97 Å². The Bertz CT molecular complexity index is 1070. The van der Waals surface area contributed by atoms with Crippen LogP contribution in [0.1, 0.15) is 44.7 Å². The van der Waals surface area contributed by atoms with E-state index >= 15 is 0 Å². The molecule has 0 unspecified atom stereocenters. The number of aryl methyl sites for hydroxylation is 2. The van der Waals surface area contributed by atoms with Crippen LogP contribution in [0.4, 0.5) is 5.69 Å². The number of carbonyl (C=O) groups excluding carboxylic acids is 4. The van der Waals surface area contributed by atoms with Gasteiger partial charge in [0, 0.05) is 5.56 Å². The molecule has 1 fully saturated rings. The standard InChI is InChI=1S/C25H23NO5/c1-15-7-8-16(2)21(13-15)22(27)14-31-25(30)17-9-11-18(12-10-17)26-23(28)19-5-3-4-6-20(19)24(26)29/h3-4,7-13,19-20H,5-6,14H2,1-2H3/t19-,20+. The fourth-order valence-electron chi connectivity index (χ4n) is 4.13. The summed E-state index contributed by atoms with van der Waals surface area (Å²) in [7, 11) is 0. The molecule has 31 heavy (non-hydrogen) atoms. The lowest BCUT2D eigenvalue weighted by Crippen LogP contribution is -2.30. The summed E-state index contributed by atoms with van der Waals surface area (Å²) in [6.07, 6.45) is 5.03. The van der Waals surface area contributed by atoms with Crippen molar-refractivity contribution in [3.8, 4) is 0 Å². The molecule has 0 saturated carbocycles. The summed E-state index contributed by atoms with van der Waals surface area (Å²) >= 11 is 0. The second-order valence-corrected chi connectivity index (χ2v) is 8.03. The molecule has 6 nitrogen and oxygen atoms in total. The smallest absolute Gasteiger partial charge is 0.338 e. The topological polar surface area (TPSA) is 80.8 Å². The minimum Gasteiger partial charge on any atom is -0.454 e. The van der Waals surface area contributed by atoms with Crippen LogP contribution in [-0.2, 0) is 14.3 Å². The van der Waals surface area contributed by atoms with E-state index in [-0.39, 0.29) is 41.6 Å². The number of rotatable bonds is 5. The Morgan fingerprint density at radius 2 is 1.55 bits per heavy atom. The van der Waals surface area contributed by atoms with Crippen LogP contribution >= 0.6 is 0 Å². The normalized spacial score (nSPS) is 20.0. The van der Waals surface area contributed by atoms with Crippen molar-refractivity contribution in [1.29, 1.82) is 0 Å². The Labute approximate surface area is 180 Å². The second kappa shape index (κ2) is 8.30. The Morgan fingerprint density at radius 1 is 0.935 bits per heavy atom. The van der Waals surface area contributed by atoms with Crippen LogP contribution in [-0.4, -0.2) is 30.2 Å². The van der Waals surface area contributed by atoms with Gasteiger partial charge in [0.05, 0.1) is 23.1 Å². The minimum absolute atomic E-state index is 0.200. The molecule has 2 aromatic carbocycles. The average Bonchev–Trinajstić information content (AvgIpc) is 3.04. The molecule has 0 radical (unpaired) electrons. The van der Waals surface area contributed by atoms with E-state index in [1.54, 1.807) is 18.2 Å². The average molecular weight is 417 g/mol. The van der Waals surface area contributed by atoms with Crippen LogP contribution in [0.5, 0.6) is 0 Å². The highest BCUT2D eigenvalue weighted by Crippen LogP contribution is 2.37. The SMILES string of the molecule is Cc1ccc(C)c(C(=O)COC(=O)c2ccc(N3C(=O)[C@H]4CC=CC[C@H]4C3=O)cc2)c1. The van der Waals surface area contributed by atoms with Crippen molar-refractivity contribution >= 4 is 29.3 Å². The Hall–Kier alpha value is -3.54. The monoisotopic (exact) mass is 417 g/mol. The number of ketones is 1. The van der Waals surface area contributed by atoms with E-state index in [9.17, 15) is 19.2 Å². The number of carbonyl (C=O) groups is 4. The molecule has 1 aliphatic carbocycles. The molecule has 2 aromatic rings. The van der Waals surface area contributed by atoms with Gasteiger partial charge in [-0.05, 0) is 62.6 Å². The van der Waals surface area contributed by atoms with Crippen LogP contribution in [0.25, 0.3) is 0 Å². The molecular formula is C25H23NO5. The number of fused-ring (bicyclic) bond motifs is 1. The summed E-state index contributed by atoms with van der Waals surface area (Å²) in [5, 5.41) is 0. The van der Waals surface area contributed by atoms with Gasteiger partial charge in [-0.3, -0.25) is 19.3 Å². The fraction of sp³-hybridized carbons (Fsp3) is 0.280. The van der Waals surface area contributed by atoms with E-state index < -0.39 is 5.97 Å². The summed E-state index contributed by atoms with van der Waals surface area (Å²) < 4.78 is 5.18.